The molecule has 1 aliphatic rings. The van der Waals surface area contributed by atoms with Crippen LogP contribution < -0.4 is 5.32 Å². The van der Waals surface area contributed by atoms with Crippen molar-refractivity contribution in [2.24, 2.45) is 7.05 Å². The molecule has 0 aliphatic heterocycles. The van der Waals surface area contributed by atoms with E-state index in [1.165, 1.54) is 6.07 Å². The Morgan fingerprint density at radius 3 is 2.34 bits per heavy atom. The number of nitriles is 1. The SMILES string of the molecule is Cn1nc(C(F)(F)C(F)(F)F)c(C(F)(F)F)c1-c1csc(-c2cc(C(=O)NC3CC3)c(C#N)s2)c1. The third-order valence-electron chi connectivity index (χ3n) is 5.09. The van der Waals surface area contributed by atoms with Crippen LogP contribution in [0, 0.1) is 11.3 Å². The van der Waals surface area contributed by atoms with Crippen molar-refractivity contribution in [3.8, 4) is 27.1 Å². The first kappa shape index (κ1) is 25.1. The van der Waals surface area contributed by atoms with Crippen molar-refractivity contribution >= 4 is 28.6 Å². The number of carbonyl (C=O) groups excluding carboxylic acids is 1. The Balaban J connectivity index is 1.79. The summed E-state index contributed by atoms with van der Waals surface area (Å²) in [7, 11) is 0.830. The van der Waals surface area contributed by atoms with Gasteiger partial charge in [0.1, 0.15) is 16.5 Å². The van der Waals surface area contributed by atoms with Crippen LogP contribution in [0.2, 0.25) is 0 Å². The topological polar surface area (TPSA) is 70.7 Å². The van der Waals surface area contributed by atoms with Crippen LogP contribution in [0.3, 0.4) is 0 Å². The highest BCUT2D eigenvalue weighted by Crippen LogP contribution is 2.51. The van der Waals surface area contributed by atoms with E-state index in [0.29, 0.717) is 9.56 Å². The second kappa shape index (κ2) is 8.30. The Morgan fingerprint density at radius 1 is 1.14 bits per heavy atom. The maximum absolute atomic E-state index is 13.9. The quantitative estimate of drug-likeness (QED) is 0.386. The van der Waals surface area contributed by atoms with Gasteiger partial charge in [0.2, 0.25) is 0 Å². The summed E-state index contributed by atoms with van der Waals surface area (Å²) in [5.41, 5.74) is -5.82. The molecule has 15 heteroatoms. The molecule has 0 saturated heterocycles. The molecule has 3 aromatic rings. The van der Waals surface area contributed by atoms with Gasteiger partial charge in [-0.25, -0.2) is 0 Å². The van der Waals surface area contributed by atoms with E-state index in [4.69, 9.17) is 0 Å². The molecule has 0 atom stereocenters. The Bertz CT molecular complexity index is 1340. The molecule has 0 aromatic carbocycles. The zero-order chi connectivity index (χ0) is 25.9. The number of halogens is 8. The lowest BCUT2D eigenvalue weighted by Gasteiger charge is -2.19. The first-order valence-electron chi connectivity index (χ1n) is 9.68. The molecule has 4 rings (SSSR count). The maximum Gasteiger partial charge on any atom is 0.459 e. The van der Waals surface area contributed by atoms with Crippen molar-refractivity contribution < 1.29 is 39.9 Å². The van der Waals surface area contributed by atoms with Gasteiger partial charge in [-0.15, -0.1) is 22.7 Å². The van der Waals surface area contributed by atoms with E-state index >= 15 is 0 Å². The van der Waals surface area contributed by atoms with Crippen LogP contribution in [0.1, 0.15) is 39.3 Å². The first-order chi connectivity index (χ1) is 16.1. The summed E-state index contributed by atoms with van der Waals surface area (Å²) >= 11 is 1.77. The van der Waals surface area contributed by atoms with Gasteiger partial charge in [0.15, 0.2) is 5.69 Å². The molecular weight excluding hydrogens is 528 g/mol. The van der Waals surface area contributed by atoms with Crippen molar-refractivity contribution in [3.05, 3.63) is 39.2 Å². The summed E-state index contributed by atoms with van der Waals surface area (Å²) in [6, 6.07) is 4.43. The van der Waals surface area contributed by atoms with Gasteiger partial charge < -0.3 is 5.32 Å². The van der Waals surface area contributed by atoms with Crippen molar-refractivity contribution in [1.82, 2.24) is 15.1 Å². The van der Waals surface area contributed by atoms with E-state index in [1.54, 1.807) is 0 Å². The Morgan fingerprint density at radius 2 is 1.80 bits per heavy atom. The van der Waals surface area contributed by atoms with E-state index in [2.05, 4.69) is 10.4 Å². The number of aromatic nitrogens is 2. The Labute approximate surface area is 199 Å². The molecule has 1 amide bonds. The maximum atomic E-state index is 13.9. The van der Waals surface area contributed by atoms with E-state index in [0.717, 1.165) is 54.0 Å². The predicted octanol–water partition coefficient (Wildman–Crippen LogP) is 6.31. The van der Waals surface area contributed by atoms with Gasteiger partial charge in [-0.1, -0.05) is 0 Å². The van der Waals surface area contributed by atoms with E-state index < -0.39 is 41.1 Å². The first-order valence-corrected chi connectivity index (χ1v) is 11.4. The number of nitrogens with zero attached hydrogens (tertiary/aromatic N) is 3. The zero-order valence-corrected chi connectivity index (χ0v) is 18.9. The van der Waals surface area contributed by atoms with Crippen molar-refractivity contribution in [2.45, 2.75) is 37.2 Å². The number of nitrogens with one attached hydrogen (secondary N) is 1. The largest absolute Gasteiger partial charge is 0.459 e. The van der Waals surface area contributed by atoms with E-state index in [-0.39, 0.29) is 26.9 Å². The molecule has 1 N–H and O–H groups in total. The van der Waals surface area contributed by atoms with Crippen LogP contribution in [0.15, 0.2) is 17.5 Å². The third kappa shape index (κ3) is 4.52. The molecule has 0 spiro atoms. The van der Waals surface area contributed by atoms with Crippen LogP contribution >= 0.6 is 22.7 Å². The van der Waals surface area contributed by atoms with Gasteiger partial charge in [-0.05, 0) is 25.0 Å². The van der Waals surface area contributed by atoms with Crippen LogP contribution in [0.25, 0.3) is 21.0 Å². The van der Waals surface area contributed by atoms with Crippen molar-refractivity contribution in [3.63, 3.8) is 0 Å². The highest BCUT2D eigenvalue weighted by atomic mass is 32.1. The molecule has 0 bridgehead atoms. The van der Waals surface area contributed by atoms with Gasteiger partial charge in [0.05, 0.1) is 11.3 Å². The molecular formula is C20H12F8N4OS2. The fourth-order valence-electron chi connectivity index (χ4n) is 3.32. The van der Waals surface area contributed by atoms with Crippen molar-refractivity contribution in [1.29, 1.82) is 5.26 Å². The fraction of sp³-hybridized carbons (Fsp3) is 0.350. The standard InChI is InChI=1S/C20H12F8N4OS2/c1-32-15(14(19(23,24)25)16(31-32)18(21,22)20(26,27)28)8-4-11(34-7-8)12-5-10(13(6-29)35-12)17(33)30-9-2-3-9/h4-5,7,9H,2-3H2,1H3,(H,30,33). The highest BCUT2D eigenvalue weighted by Gasteiger charge is 2.64. The van der Waals surface area contributed by atoms with E-state index in [9.17, 15) is 45.2 Å². The second-order valence-electron chi connectivity index (χ2n) is 7.68. The molecule has 1 aliphatic carbocycles. The van der Waals surface area contributed by atoms with Crippen LogP contribution in [-0.4, -0.2) is 27.9 Å². The van der Waals surface area contributed by atoms with Gasteiger partial charge >= 0.3 is 18.3 Å². The number of aryl methyl sites for hydroxylation is 1. The lowest BCUT2D eigenvalue weighted by Crippen LogP contribution is -2.36. The minimum absolute atomic E-state index is 0.0142. The summed E-state index contributed by atoms with van der Waals surface area (Å²) < 4.78 is 108. The number of rotatable bonds is 5. The van der Waals surface area contributed by atoms with Crippen LogP contribution in [0.4, 0.5) is 35.1 Å². The third-order valence-corrected chi connectivity index (χ3v) is 7.26. The minimum atomic E-state index is -6.29. The van der Waals surface area contributed by atoms with Gasteiger partial charge in [-0.3, -0.25) is 9.48 Å². The number of alkyl halides is 8. The van der Waals surface area contributed by atoms with Crippen LogP contribution in [0.5, 0.6) is 0 Å². The average molecular weight is 540 g/mol. The monoisotopic (exact) mass is 540 g/mol. The number of amides is 1. The predicted molar refractivity (Wildman–Crippen MR) is 110 cm³/mol. The van der Waals surface area contributed by atoms with Crippen molar-refractivity contribution in [2.75, 3.05) is 0 Å². The van der Waals surface area contributed by atoms with Crippen LogP contribution in [-0.2, 0) is 19.1 Å². The summed E-state index contributed by atoms with van der Waals surface area (Å²) in [6.45, 7) is 0. The molecule has 0 unspecified atom stereocenters. The van der Waals surface area contributed by atoms with Gasteiger partial charge in [-0.2, -0.15) is 45.5 Å². The summed E-state index contributed by atoms with van der Waals surface area (Å²) in [5.74, 6) is -6.32. The lowest BCUT2D eigenvalue weighted by molar-refractivity contribution is -0.292. The van der Waals surface area contributed by atoms with E-state index in [1.807, 2.05) is 6.07 Å². The molecule has 186 valence electrons. The molecule has 3 aromatic heterocycles. The minimum Gasteiger partial charge on any atom is -0.349 e. The lowest BCUT2D eigenvalue weighted by atomic mass is 10.0. The number of hydrogen-bond acceptors (Lipinski definition) is 5. The second-order valence-corrected chi connectivity index (χ2v) is 9.64. The molecule has 35 heavy (non-hydrogen) atoms. The summed E-state index contributed by atoms with van der Waals surface area (Å²) in [5, 5.41) is 16.1. The smallest absolute Gasteiger partial charge is 0.349 e. The molecule has 0 radical (unpaired) electrons. The number of thiophene rings is 2. The molecule has 3 heterocycles. The average Bonchev–Trinajstić information content (AvgIpc) is 3.15. The Kier molecular flexibility index (Phi) is 5.95. The fourth-order valence-corrected chi connectivity index (χ4v) is 5.26. The van der Waals surface area contributed by atoms with Gasteiger partial charge in [0, 0.05) is 33.8 Å². The molecule has 1 saturated carbocycles. The molecule has 5 nitrogen and oxygen atoms in total. The van der Waals surface area contributed by atoms with Gasteiger partial charge in [0.25, 0.3) is 5.91 Å². The summed E-state index contributed by atoms with van der Waals surface area (Å²) in [6.07, 6.45) is -10.2. The summed E-state index contributed by atoms with van der Waals surface area (Å²) in [4.78, 5) is 13.1. The normalized spacial score (nSPS) is 14.7. The zero-order valence-electron chi connectivity index (χ0n) is 17.3. The molecule has 1 fully saturated rings. The number of carbonyl (C=O) groups is 1. The number of hydrogen-bond donors (Lipinski definition) is 1. The highest BCUT2D eigenvalue weighted by molar-refractivity contribution is 7.22. The Hall–Kier alpha value is -2.99.